The monoisotopic (exact) mass is 514 g/mol. The number of rotatable bonds is 3. The van der Waals surface area contributed by atoms with Gasteiger partial charge in [0.25, 0.3) is 0 Å². The molecule has 0 N–H and O–H groups in total. The maximum Gasteiger partial charge on any atom is -1.00 e. The molecule has 0 unspecified atom stereocenters. The molecule has 0 aromatic heterocycles. The second-order valence-electron chi connectivity index (χ2n) is 8.95. The van der Waals surface area contributed by atoms with E-state index < -0.39 is 21.3 Å². The fourth-order valence-electron chi connectivity index (χ4n) is 5.60. The van der Waals surface area contributed by atoms with Crippen LogP contribution in [0.2, 0.25) is 0 Å². The summed E-state index contributed by atoms with van der Waals surface area (Å²) in [5, 5.41) is 0. The molecule has 0 radical (unpaired) electrons. The summed E-state index contributed by atoms with van der Waals surface area (Å²) in [5.74, 6) is 0.846. The van der Waals surface area contributed by atoms with Crippen molar-refractivity contribution in [1.82, 2.24) is 0 Å². The average Bonchev–Trinajstić information content (AvgIpc) is 3.34. The zero-order valence-corrected chi connectivity index (χ0v) is 21.9. The van der Waals surface area contributed by atoms with E-state index in [9.17, 15) is 0 Å². The summed E-state index contributed by atoms with van der Waals surface area (Å²) in [6, 6.07) is 16.2. The molecule has 0 amide bonds. The van der Waals surface area contributed by atoms with Crippen LogP contribution in [-0.2, 0) is 27.7 Å². The summed E-state index contributed by atoms with van der Waals surface area (Å²) >= 11 is -1.98. The molecule has 0 spiro atoms. The number of hydrogen-bond donors (Lipinski definition) is 0. The summed E-state index contributed by atoms with van der Waals surface area (Å²) < 4.78 is 5.27. The van der Waals surface area contributed by atoms with Gasteiger partial charge in [0.2, 0.25) is 0 Å². The van der Waals surface area contributed by atoms with Crippen molar-refractivity contribution in [2.45, 2.75) is 58.8 Å². The predicted octanol–water partition coefficient (Wildman–Crippen LogP) is 0.516. The van der Waals surface area contributed by atoms with Crippen molar-refractivity contribution in [2.75, 3.05) is 0 Å². The van der Waals surface area contributed by atoms with Gasteiger partial charge in [-0.3, -0.25) is 0 Å². The van der Waals surface area contributed by atoms with Gasteiger partial charge in [-0.15, -0.1) is 0 Å². The van der Waals surface area contributed by atoms with Crippen LogP contribution in [0.15, 0.2) is 63.5 Å². The average molecular weight is 517 g/mol. The molecule has 0 bridgehead atoms. The Morgan fingerprint density at radius 2 is 1.60 bits per heavy atom. The van der Waals surface area contributed by atoms with Crippen LogP contribution in [0, 0.1) is 5.92 Å². The van der Waals surface area contributed by atoms with Crippen molar-refractivity contribution in [1.29, 1.82) is 0 Å². The first kappa shape index (κ1) is 23.9. The van der Waals surface area contributed by atoms with Gasteiger partial charge in [-0.1, -0.05) is 0 Å². The maximum atomic E-state index is 2.67. The Morgan fingerprint density at radius 3 is 2.37 bits per heavy atom. The zero-order chi connectivity index (χ0) is 19.1. The first-order chi connectivity index (χ1) is 13.7. The zero-order valence-electron chi connectivity index (χ0n) is 18.0. The van der Waals surface area contributed by atoms with Crippen molar-refractivity contribution >= 4 is 6.48 Å². The van der Waals surface area contributed by atoms with Gasteiger partial charge in [0, 0.05) is 0 Å². The molecular formula is C27H30Cl2Zr. The van der Waals surface area contributed by atoms with E-state index in [2.05, 4.69) is 68.5 Å². The van der Waals surface area contributed by atoms with E-state index in [1.165, 1.54) is 55.2 Å². The fourth-order valence-corrected chi connectivity index (χ4v) is 12.8. The number of hydrogen-bond acceptors (Lipinski definition) is 0. The Labute approximate surface area is 201 Å². The van der Waals surface area contributed by atoms with E-state index in [0.29, 0.717) is 0 Å². The number of fused-ring (bicyclic) bond motifs is 3. The van der Waals surface area contributed by atoms with Crippen LogP contribution in [0.1, 0.15) is 63.5 Å². The van der Waals surface area contributed by atoms with E-state index in [-0.39, 0.29) is 24.8 Å². The minimum atomic E-state index is -1.98. The Bertz CT molecular complexity index is 1020. The molecule has 2 aromatic rings. The van der Waals surface area contributed by atoms with Crippen molar-refractivity contribution in [3.63, 3.8) is 0 Å². The van der Waals surface area contributed by atoms with Gasteiger partial charge in [0.15, 0.2) is 0 Å². The Morgan fingerprint density at radius 1 is 0.867 bits per heavy atom. The molecule has 2 aromatic carbocycles. The summed E-state index contributed by atoms with van der Waals surface area (Å²) in [4.78, 5) is 0. The van der Waals surface area contributed by atoms with E-state index in [1.807, 2.05) is 3.28 Å². The molecule has 30 heavy (non-hydrogen) atoms. The molecule has 0 nitrogen and oxygen atoms in total. The third kappa shape index (κ3) is 4.41. The van der Waals surface area contributed by atoms with Crippen LogP contribution in [0.5, 0.6) is 0 Å². The summed E-state index contributed by atoms with van der Waals surface area (Å²) in [5.41, 5.74) is 7.82. The quantitative estimate of drug-likeness (QED) is 0.476. The molecule has 3 aliphatic carbocycles. The third-order valence-corrected chi connectivity index (χ3v) is 14.3. The molecule has 3 aliphatic rings. The van der Waals surface area contributed by atoms with Gasteiger partial charge in [-0.2, -0.15) is 0 Å². The second-order valence-corrected chi connectivity index (χ2v) is 16.2. The minimum absolute atomic E-state index is 0. The van der Waals surface area contributed by atoms with E-state index >= 15 is 0 Å². The Hall–Kier alpha value is -0.747. The van der Waals surface area contributed by atoms with E-state index in [0.717, 1.165) is 12.3 Å². The normalized spacial score (nSPS) is 16.8. The van der Waals surface area contributed by atoms with Crippen LogP contribution < -0.4 is 28.1 Å². The fraction of sp³-hybridized carbons (Fsp3) is 0.370. The number of allylic oxidation sites excluding steroid dienone is 4. The molecule has 0 atom stereocenters. The topological polar surface area (TPSA) is 0 Å². The molecule has 0 aliphatic heterocycles. The smallest absolute Gasteiger partial charge is 1.00 e. The standard InChI is InChI=1S/C13H9.C11H15.C3H6.2ClH.Zr/c1-3-7-12-10(5-1)9-11-6-2-4-8-13(11)12;1-2-6-10(7-3-1)11-8-4-5-9-11;1-3-2;;;/h1-5,7-8H,9H2;8-10H,1-4,6-7H2;1-2H3;2*1H;/q;;;;;+2/p-2. The first-order valence-corrected chi connectivity index (χ1v) is 14.7. The molecule has 0 saturated heterocycles. The van der Waals surface area contributed by atoms with Crippen molar-refractivity contribution in [3.8, 4) is 11.1 Å². The SMILES string of the molecule is C[C](C)=[Zr+2]([C]1=CC(C2CCCCC2)=CC1)[c]1cccc2c1Cc1ccccc1-2.[Cl-].[Cl-]. The second kappa shape index (κ2) is 10.2. The molecule has 156 valence electrons. The molecule has 1 saturated carbocycles. The van der Waals surface area contributed by atoms with Gasteiger partial charge >= 0.3 is 178 Å². The summed E-state index contributed by atoms with van der Waals surface area (Å²) in [6.45, 7) is 4.82. The minimum Gasteiger partial charge on any atom is -1.00 e. The predicted molar refractivity (Wildman–Crippen MR) is 118 cm³/mol. The molecule has 5 rings (SSSR count). The Balaban J connectivity index is 0.00000128. The van der Waals surface area contributed by atoms with Crippen LogP contribution in [0.4, 0.5) is 0 Å². The van der Waals surface area contributed by atoms with Crippen LogP contribution in [-0.4, -0.2) is 3.21 Å². The maximum absolute atomic E-state index is 2.67. The molecular weight excluding hydrogens is 486 g/mol. The third-order valence-electron chi connectivity index (χ3n) is 6.92. The largest absolute Gasteiger partial charge is 1.00 e. The van der Waals surface area contributed by atoms with Gasteiger partial charge in [-0.05, 0) is 0 Å². The van der Waals surface area contributed by atoms with Gasteiger partial charge < -0.3 is 24.8 Å². The first-order valence-electron chi connectivity index (χ1n) is 11.0. The Kier molecular flexibility index (Phi) is 8.17. The number of halogens is 2. The van der Waals surface area contributed by atoms with Gasteiger partial charge in [0.05, 0.1) is 0 Å². The van der Waals surface area contributed by atoms with Crippen molar-refractivity contribution in [3.05, 3.63) is 74.6 Å². The van der Waals surface area contributed by atoms with E-state index in [4.69, 9.17) is 0 Å². The van der Waals surface area contributed by atoms with Crippen molar-refractivity contribution in [2.24, 2.45) is 5.92 Å². The number of benzene rings is 2. The molecule has 3 heteroatoms. The van der Waals surface area contributed by atoms with Gasteiger partial charge in [0.1, 0.15) is 0 Å². The summed E-state index contributed by atoms with van der Waals surface area (Å²) in [6.07, 6.45) is 14.8. The van der Waals surface area contributed by atoms with E-state index in [1.54, 1.807) is 17.6 Å². The van der Waals surface area contributed by atoms with Gasteiger partial charge in [-0.25, -0.2) is 0 Å². The van der Waals surface area contributed by atoms with Crippen LogP contribution in [0.3, 0.4) is 0 Å². The molecule has 1 fully saturated rings. The van der Waals surface area contributed by atoms with Crippen LogP contribution >= 0.6 is 0 Å². The summed E-state index contributed by atoms with van der Waals surface area (Å²) in [7, 11) is 0. The van der Waals surface area contributed by atoms with Crippen LogP contribution in [0.25, 0.3) is 11.1 Å². The molecule has 0 heterocycles. The van der Waals surface area contributed by atoms with Crippen molar-refractivity contribution < 1.29 is 46.1 Å².